The van der Waals surface area contributed by atoms with Crippen LogP contribution < -0.4 is 11.5 Å². The van der Waals surface area contributed by atoms with Crippen molar-refractivity contribution in [3.63, 3.8) is 0 Å². The molecule has 1 heterocycles. The number of carbonyl (C=O) groups excluding carboxylic acids is 2. The Kier molecular flexibility index (Phi) is 6.56. The van der Waals surface area contributed by atoms with Gasteiger partial charge in [0.05, 0.1) is 25.1 Å². The van der Waals surface area contributed by atoms with Crippen LogP contribution in [0.5, 0.6) is 0 Å². The van der Waals surface area contributed by atoms with E-state index < -0.39 is 67.4 Å². The first-order valence-electron chi connectivity index (χ1n) is 6.80. The molecule has 1 fully saturated rings. The lowest BCUT2D eigenvalue weighted by atomic mass is 9.95. The average Bonchev–Trinajstić information content (AvgIpc) is 2.46. The van der Waals surface area contributed by atoms with Crippen molar-refractivity contribution in [2.75, 3.05) is 6.61 Å². The Labute approximate surface area is 131 Å². The highest BCUT2D eigenvalue weighted by atomic mass is 16.5. The monoisotopic (exact) mass is 335 g/mol. The molecule has 0 aliphatic carbocycles. The van der Waals surface area contributed by atoms with E-state index in [0.717, 1.165) is 6.92 Å². The van der Waals surface area contributed by atoms with Gasteiger partial charge in [0.1, 0.15) is 18.3 Å². The number of aliphatic carboxylic acids is 1. The fraction of sp³-hybridized carbons (Fsp3) is 0.750. The molecule has 2 amide bonds. The number of aliphatic hydroxyl groups is 3. The zero-order chi connectivity index (χ0) is 17.9. The van der Waals surface area contributed by atoms with Gasteiger partial charge in [-0.1, -0.05) is 0 Å². The molecule has 132 valence electrons. The quantitative estimate of drug-likeness (QED) is 0.287. The van der Waals surface area contributed by atoms with E-state index in [1.165, 1.54) is 0 Å². The number of carboxylic acids is 1. The zero-order valence-corrected chi connectivity index (χ0v) is 12.4. The van der Waals surface area contributed by atoms with Crippen molar-refractivity contribution >= 4 is 17.8 Å². The number of nitrogens with two attached hydrogens (primary N) is 2. The summed E-state index contributed by atoms with van der Waals surface area (Å²) in [5.74, 6) is -3.23. The predicted octanol–water partition coefficient (Wildman–Crippen LogP) is -4.07. The van der Waals surface area contributed by atoms with Gasteiger partial charge >= 0.3 is 5.97 Å². The van der Waals surface area contributed by atoms with Crippen LogP contribution in [-0.4, -0.2) is 86.3 Å². The van der Waals surface area contributed by atoms with Gasteiger partial charge in [0.15, 0.2) is 6.23 Å². The minimum absolute atomic E-state index is 0.496. The average molecular weight is 335 g/mol. The molecule has 0 aromatic heterocycles. The number of ether oxygens (including phenoxy) is 1. The van der Waals surface area contributed by atoms with Crippen molar-refractivity contribution in [2.45, 2.75) is 50.0 Å². The lowest BCUT2D eigenvalue weighted by Crippen LogP contribution is -2.68. The summed E-state index contributed by atoms with van der Waals surface area (Å²) >= 11 is 0. The van der Waals surface area contributed by atoms with E-state index in [4.69, 9.17) is 26.4 Å². The van der Waals surface area contributed by atoms with Crippen LogP contribution in [0.4, 0.5) is 0 Å². The standard InChI is InChI=1S/C12H21N3O8/c1-4(17)15(11(22)5(13)2-7(18)19)12-8(14)10(21)9(20)6(3-16)23-12/h5-6,8-10,12,16,20-21H,2-3,13-14H2,1H3,(H,18,19)/t5-,6+,8+,9+,10+,12?/m0/s1. The van der Waals surface area contributed by atoms with Crippen molar-refractivity contribution in [3.8, 4) is 0 Å². The lowest BCUT2D eigenvalue weighted by Gasteiger charge is -2.44. The van der Waals surface area contributed by atoms with Crippen LogP contribution in [0.15, 0.2) is 0 Å². The third kappa shape index (κ3) is 4.22. The normalized spacial score (nSPS) is 32.2. The van der Waals surface area contributed by atoms with Crippen molar-refractivity contribution in [1.29, 1.82) is 0 Å². The minimum atomic E-state index is -1.57. The lowest BCUT2D eigenvalue weighted by molar-refractivity contribution is -0.225. The fourth-order valence-electron chi connectivity index (χ4n) is 2.26. The molecule has 1 aliphatic heterocycles. The number of hydrogen-bond acceptors (Lipinski definition) is 9. The van der Waals surface area contributed by atoms with Gasteiger partial charge in [-0.05, 0) is 0 Å². The Morgan fingerprint density at radius 3 is 2.26 bits per heavy atom. The van der Waals surface area contributed by atoms with Crippen molar-refractivity contribution in [2.24, 2.45) is 11.5 Å². The molecule has 23 heavy (non-hydrogen) atoms. The van der Waals surface area contributed by atoms with Gasteiger partial charge in [-0.25, -0.2) is 0 Å². The Balaban J connectivity index is 3.06. The summed E-state index contributed by atoms with van der Waals surface area (Å²) in [4.78, 5) is 35.1. The molecule has 0 aromatic rings. The number of nitrogens with zero attached hydrogens (tertiary/aromatic N) is 1. The van der Waals surface area contributed by atoms with E-state index in [9.17, 15) is 24.6 Å². The van der Waals surface area contributed by atoms with Crippen molar-refractivity contribution < 1.29 is 39.5 Å². The summed E-state index contributed by atoms with van der Waals surface area (Å²) in [6.45, 7) is 0.315. The molecular formula is C12H21N3O8. The van der Waals surface area contributed by atoms with Crippen LogP contribution in [0.3, 0.4) is 0 Å². The highest BCUT2D eigenvalue weighted by molar-refractivity contribution is 5.98. The van der Waals surface area contributed by atoms with E-state index in [0.29, 0.717) is 4.90 Å². The molecule has 0 saturated carbocycles. The molecule has 8 N–H and O–H groups in total. The third-order valence-corrected chi connectivity index (χ3v) is 3.49. The van der Waals surface area contributed by atoms with Crippen LogP contribution in [0.25, 0.3) is 0 Å². The SMILES string of the molecule is CC(=O)N(C(=O)[C@@H](N)CC(=O)O)C1O[C@H](CO)[C@@H](O)[C@H](O)[C@H]1N. The molecule has 0 spiro atoms. The molecule has 11 heteroatoms. The van der Waals surface area contributed by atoms with E-state index in [2.05, 4.69) is 0 Å². The minimum Gasteiger partial charge on any atom is -0.481 e. The summed E-state index contributed by atoms with van der Waals surface area (Å²) in [5.41, 5.74) is 11.1. The van der Waals surface area contributed by atoms with Gasteiger partial charge in [0.2, 0.25) is 11.8 Å². The molecule has 11 nitrogen and oxygen atoms in total. The maximum atomic E-state index is 12.2. The van der Waals surface area contributed by atoms with E-state index >= 15 is 0 Å². The molecular weight excluding hydrogens is 314 g/mol. The van der Waals surface area contributed by atoms with Crippen LogP contribution in [-0.2, 0) is 19.1 Å². The number of carboxylic acid groups (broad SMARTS) is 1. The van der Waals surface area contributed by atoms with Crippen LogP contribution >= 0.6 is 0 Å². The number of hydrogen-bond donors (Lipinski definition) is 6. The molecule has 6 atom stereocenters. The van der Waals surface area contributed by atoms with E-state index in [1.807, 2.05) is 0 Å². The van der Waals surface area contributed by atoms with Crippen LogP contribution in [0.1, 0.15) is 13.3 Å². The number of aliphatic hydroxyl groups excluding tert-OH is 3. The number of imide groups is 1. The van der Waals surface area contributed by atoms with Gasteiger partial charge in [0.25, 0.3) is 0 Å². The predicted molar refractivity (Wildman–Crippen MR) is 73.5 cm³/mol. The molecule has 1 saturated heterocycles. The van der Waals surface area contributed by atoms with Crippen molar-refractivity contribution in [1.82, 2.24) is 4.90 Å². The highest BCUT2D eigenvalue weighted by Crippen LogP contribution is 2.23. The summed E-state index contributed by atoms with van der Waals surface area (Å²) in [7, 11) is 0. The molecule has 0 radical (unpaired) electrons. The Bertz CT molecular complexity index is 471. The number of carbonyl (C=O) groups is 3. The topological polar surface area (TPSA) is 197 Å². The van der Waals surface area contributed by atoms with Gasteiger partial charge in [-0.3, -0.25) is 19.3 Å². The second kappa shape index (κ2) is 7.77. The van der Waals surface area contributed by atoms with Gasteiger partial charge in [-0.15, -0.1) is 0 Å². The first-order chi connectivity index (χ1) is 10.6. The second-order valence-electron chi connectivity index (χ2n) is 5.24. The fourth-order valence-corrected chi connectivity index (χ4v) is 2.26. The maximum Gasteiger partial charge on any atom is 0.305 e. The number of amides is 2. The van der Waals surface area contributed by atoms with Gasteiger partial charge in [-0.2, -0.15) is 0 Å². The molecule has 0 aromatic carbocycles. The summed E-state index contributed by atoms with van der Waals surface area (Å²) in [6.07, 6.45) is -6.59. The van der Waals surface area contributed by atoms with Crippen LogP contribution in [0, 0.1) is 0 Å². The molecule has 1 unspecified atom stereocenters. The summed E-state index contributed by atoms with van der Waals surface area (Å²) < 4.78 is 5.23. The van der Waals surface area contributed by atoms with Crippen molar-refractivity contribution in [3.05, 3.63) is 0 Å². The Morgan fingerprint density at radius 2 is 1.83 bits per heavy atom. The summed E-state index contributed by atoms with van der Waals surface area (Å²) in [5, 5.41) is 37.4. The largest absolute Gasteiger partial charge is 0.481 e. The van der Waals surface area contributed by atoms with Gasteiger partial charge < -0.3 is 36.6 Å². The first-order valence-corrected chi connectivity index (χ1v) is 6.80. The summed E-state index contributed by atoms with van der Waals surface area (Å²) in [6, 6.07) is -2.89. The Morgan fingerprint density at radius 1 is 1.26 bits per heavy atom. The first kappa shape index (κ1) is 19.4. The maximum absolute atomic E-state index is 12.2. The number of rotatable bonds is 5. The second-order valence-corrected chi connectivity index (χ2v) is 5.24. The smallest absolute Gasteiger partial charge is 0.305 e. The van der Waals surface area contributed by atoms with E-state index in [-0.39, 0.29) is 0 Å². The zero-order valence-electron chi connectivity index (χ0n) is 12.4. The van der Waals surface area contributed by atoms with Crippen LogP contribution in [0.2, 0.25) is 0 Å². The Hall–Kier alpha value is -1.63. The highest BCUT2D eigenvalue weighted by Gasteiger charge is 2.47. The molecule has 1 aliphatic rings. The van der Waals surface area contributed by atoms with Gasteiger partial charge in [0, 0.05) is 6.92 Å². The molecule has 0 bridgehead atoms. The molecule has 1 rings (SSSR count). The third-order valence-electron chi connectivity index (χ3n) is 3.49. The van der Waals surface area contributed by atoms with E-state index in [1.54, 1.807) is 0 Å².